The van der Waals surface area contributed by atoms with Crippen molar-refractivity contribution in [1.29, 1.82) is 0 Å². The molecule has 1 aromatic carbocycles. The summed E-state index contributed by atoms with van der Waals surface area (Å²) in [6, 6.07) is 8.13. The molecule has 2 N–H and O–H groups in total. The lowest BCUT2D eigenvalue weighted by Crippen LogP contribution is -2.48. The van der Waals surface area contributed by atoms with Crippen LogP contribution in [-0.4, -0.2) is 68.6 Å². The summed E-state index contributed by atoms with van der Waals surface area (Å²) in [7, 11) is 1.67. The number of anilines is 1. The predicted octanol–water partition coefficient (Wildman–Crippen LogP) is 1.22. The number of carbonyl (C=O) groups excluding carboxylic acids is 1. The molecule has 1 fully saturated rings. The Balaban J connectivity index is 1.37. The zero-order valence-corrected chi connectivity index (χ0v) is 17.6. The number of carbonyl (C=O) groups is 1. The molecule has 0 unspecified atom stereocenters. The number of aryl methyl sites for hydroxylation is 2. The Labute approximate surface area is 175 Å². The quantitative estimate of drug-likeness (QED) is 0.676. The van der Waals surface area contributed by atoms with Gasteiger partial charge in [-0.3, -0.25) is 9.69 Å². The number of hydrogen-bond acceptors (Lipinski definition) is 7. The van der Waals surface area contributed by atoms with E-state index in [-0.39, 0.29) is 11.9 Å². The summed E-state index contributed by atoms with van der Waals surface area (Å²) < 4.78 is 6.82. The van der Waals surface area contributed by atoms with Gasteiger partial charge in [-0.1, -0.05) is 12.1 Å². The van der Waals surface area contributed by atoms with Crippen LogP contribution in [0.4, 0.5) is 5.95 Å². The largest absolute Gasteiger partial charge is 0.497 e. The van der Waals surface area contributed by atoms with Crippen molar-refractivity contribution in [3.05, 3.63) is 46.8 Å². The van der Waals surface area contributed by atoms with Crippen LogP contribution in [0.2, 0.25) is 0 Å². The van der Waals surface area contributed by atoms with Crippen molar-refractivity contribution in [2.75, 3.05) is 39.0 Å². The Morgan fingerprint density at radius 2 is 1.80 bits per heavy atom. The number of nitrogens with zero attached hydrogens (tertiary/aromatic N) is 6. The first-order valence-corrected chi connectivity index (χ1v) is 10.1. The molecule has 1 aliphatic rings. The van der Waals surface area contributed by atoms with Crippen LogP contribution in [0.1, 0.15) is 22.5 Å². The zero-order chi connectivity index (χ0) is 21.3. The molecule has 1 saturated heterocycles. The van der Waals surface area contributed by atoms with Gasteiger partial charge in [0.15, 0.2) is 0 Å². The van der Waals surface area contributed by atoms with Crippen LogP contribution >= 0.6 is 0 Å². The Kier molecular flexibility index (Phi) is 5.54. The SMILES string of the molecule is COc1ccc(CN2CCN(C(=O)Cc3c(C)nc4nc(N)nn4c3C)CC2)cc1. The Hall–Kier alpha value is -3.20. The number of ether oxygens (including phenoxy) is 1. The van der Waals surface area contributed by atoms with Gasteiger partial charge < -0.3 is 15.4 Å². The van der Waals surface area contributed by atoms with E-state index in [1.807, 2.05) is 30.9 Å². The molecule has 0 saturated carbocycles. The van der Waals surface area contributed by atoms with Gasteiger partial charge in [-0.05, 0) is 31.5 Å². The van der Waals surface area contributed by atoms with Gasteiger partial charge in [-0.2, -0.15) is 9.50 Å². The molecule has 1 aliphatic heterocycles. The third-order valence-corrected chi connectivity index (χ3v) is 5.68. The van der Waals surface area contributed by atoms with Gasteiger partial charge in [0.1, 0.15) is 5.75 Å². The molecule has 158 valence electrons. The molecule has 4 rings (SSSR count). The Morgan fingerprint density at radius 1 is 1.10 bits per heavy atom. The normalized spacial score (nSPS) is 15.0. The Bertz CT molecular complexity index is 1050. The summed E-state index contributed by atoms with van der Waals surface area (Å²) in [6.07, 6.45) is 0.304. The lowest BCUT2D eigenvalue weighted by molar-refractivity contribution is -0.132. The third kappa shape index (κ3) is 4.06. The van der Waals surface area contributed by atoms with Crippen molar-refractivity contribution in [2.24, 2.45) is 0 Å². The number of fused-ring (bicyclic) bond motifs is 1. The molecule has 9 heteroatoms. The fourth-order valence-electron chi connectivity index (χ4n) is 3.89. The second-order valence-corrected chi connectivity index (χ2v) is 7.62. The number of nitrogens with two attached hydrogens (primary N) is 1. The van der Waals surface area contributed by atoms with E-state index in [9.17, 15) is 4.79 Å². The average molecular weight is 409 g/mol. The molecule has 3 aromatic rings. The number of hydrogen-bond donors (Lipinski definition) is 1. The average Bonchev–Trinajstić information content (AvgIpc) is 3.12. The predicted molar refractivity (Wildman–Crippen MR) is 113 cm³/mol. The summed E-state index contributed by atoms with van der Waals surface area (Å²) in [5, 5.41) is 4.18. The van der Waals surface area contributed by atoms with Gasteiger partial charge in [0.2, 0.25) is 11.9 Å². The molecule has 3 heterocycles. The van der Waals surface area contributed by atoms with Crippen LogP contribution in [0.15, 0.2) is 24.3 Å². The van der Waals surface area contributed by atoms with Crippen molar-refractivity contribution in [2.45, 2.75) is 26.8 Å². The van der Waals surface area contributed by atoms with Crippen molar-refractivity contribution in [3.8, 4) is 5.75 Å². The van der Waals surface area contributed by atoms with Crippen LogP contribution in [0, 0.1) is 13.8 Å². The van der Waals surface area contributed by atoms with E-state index in [1.54, 1.807) is 11.6 Å². The summed E-state index contributed by atoms with van der Waals surface area (Å²) >= 11 is 0. The highest BCUT2D eigenvalue weighted by molar-refractivity contribution is 5.79. The number of nitrogen functional groups attached to an aromatic ring is 1. The first-order chi connectivity index (χ1) is 14.4. The molecule has 0 bridgehead atoms. The summed E-state index contributed by atoms with van der Waals surface area (Å²) in [5.74, 6) is 1.62. The first kappa shape index (κ1) is 20.1. The van der Waals surface area contributed by atoms with Crippen molar-refractivity contribution in [1.82, 2.24) is 29.4 Å². The van der Waals surface area contributed by atoms with Crippen molar-refractivity contribution >= 4 is 17.6 Å². The van der Waals surface area contributed by atoms with E-state index < -0.39 is 0 Å². The van der Waals surface area contributed by atoms with E-state index >= 15 is 0 Å². The maximum atomic E-state index is 12.9. The number of benzene rings is 1. The topological polar surface area (TPSA) is 102 Å². The monoisotopic (exact) mass is 409 g/mol. The minimum atomic E-state index is 0.111. The maximum absolute atomic E-state index is 12.9. The van der Waals surface area contributed by atoms with Crippen LogP contribution < -0.4 is 10.5 Å². The van der Waals surface area contributed by atoms with E-state index in [4.69, 9.17) is 10.5 Å². The van der Waals surface area contributed by atoms with E-state index in [2.05, 4.69) is 32.1 Å². The van der Waals surface area contributed by atoms with Gasteiger partial charge in [0.25, 0.3) is 5.78 Å². The molecule has 0 aliphatic carbocycles. The number of aromatic nitrogens is 4. The highest BCUT2D eigenvalue weighted by Gasteiger charge is 2.23. The fraction of sp³-hybridized carbons (Fsp3) is 0.429. The van der Waals surface area contributed by atoms with Gasteiger partial charge in [-0.15, -0.1) is 5.10 Å². The maximum Gasteiger partial charge on any atom is 0.254 e. The van der Waals surface area contributed by atoms with Crippen LogP contribution in [-0.2, 0) is 17.8 Å². The van der Waals surface area contributed by atoms with Crippen molar-refractivity contribution < 1.29 is 9.53 Å². The van der Waals surface area contributed by atoms with E-state index in [1.165, 1.54) is 5.56 Å². The fourth-order valence-corrected chi connectivity index (χ4v) is 3.89. The smallest absolute Gasteiger partial charge is 0.254 e. The molecular weight excluding hydrogens is 382 g/mol. The zero-order valence-electron chi connectivity index (χ0n) is 17.6. The molecule has 0 spiro atoms. The van der Waals surface area contributed by atoms with Crippen LogP contribution in [0.25, 0.3) is 5.78 Å². The number of piperazine rings is 1. The highest BCUT2D eigenvalue weighted by atomic mass is 16.5. The molecule has 0 radical (unpaired) electrons. The first-order valence-electron chi connectivity index (χ1n) is 10.1. The van der Waals surface area contributed by atoms with Crippen LogP contribution in [0.3, 0.4) is 0 Å². The van der Waals surface area contributed by atoms with Crippen LogP contribution in [0.5, 0.6) is 5.75 Å². The number of rotatable bonds is 5. The van der Waals surface area contributed by atoms with Gasteiger partial charge in [0, 0.05) is 49.7 Å². The van der Waals surface area contributed by atoms with Crippen molar-refractivity contribution in [3.63, 3.8) is 0 Å². The lowest BCUT2D eigenvalue weighted by Gasteiger charge is -2.35. The molecule has 9 nitrogen and oxygen atoms in total. The molecule has 2 aromatic heterocycles. The minimum Gasteiger partial charge on any atom is -0.497 e. The third-order valence-electron chi connectivity index (χ3n) is 5.68. The molecular formula is C21H27N7O2. The molecule has 1 amide bonds. The van der Waals surface area contributed by atoms with E-state index in [0.29, 0.717) is 12.2 Å². The Morgan fingerprint density at radius 3 is 2.47 bits per heavy atom. The van der Waals surface area contributed by atoms with E-state index in [0.717, 1.165) is 55.4 Å². The second-order valence-electron chi connectivity index (χ2n) is 7.62. The number of amides is 1. The molecule has 30 heavy (non-hydrogen) atoms. The summed E-state index contributed by atoms with van der Waals surface area (Å²) in [5.41, 5.74) is 9.47. The lowest BCUT2D eigenvalue weighted by atomic mass is 10.1. The van der Waals surface area contributed by atoms with Gasteiger partial charge >= 0.3 is 0 Å². The standard InChI is InChI=1S/C21H27N7O2/c1-14-18(15(2)28-21(23-14)24-20(22)25-28)12-19(29)27-10-8-26(9-11-27)13-16-4-6-17(30-3)7-5-16/h4-7H,8-13H2,1-3H3,(H2,22,25). The highest BCUT2D eigenvalue weighted by Crippen LogP contribution is 2.17. The molecule has 0 atom stereocenters. The van der Waals surface area contributed by atoms with Gasteiger partial charge in [-0.25, -0.2) is 4.98 Å². The second kappa shape index (κ2) is 8.27. The minimum absolute atomic E-state index is 0.111. The summed E-state index contributed by atoms with van der Waals surface area (Å²) in [6.45, 7) is 7.84. The summed E-state index contributed by atoms with van der Waals surface area (Å²) in [4.78, 5) is 25.8. The van der Waals surface area contributed by atoms with Gasteiger partial charge in [0.05, 0.1) is 13.5 Å². The number of methoxy groups -OCH3 is 1.